The number of ether oxygens (including phenoxy) is 1. The van der Waals surface area contributed by atoms with Crippen LogP contribution in [0.4, 0.5) is 4.79 Å². The molecule has 0 aliphatic carbocycles. The van der Waals surface area contributed by atoms with Crippen molar-refractivity contribution in [3.8, 4) is 0 Å². The largest absolute Gasteiger partial charge is 0.445 e. The van der Waals surface area contributed by atoms with Gasteiger partial charge in [-0.2, -0.15) is 0 Å². The van der Waals surface area contributed by atoms with Crippen LogP contribution in [-0.2, 0) is 20.9 Å². The summed E-state index contributed by atoms with van der Waals surface area (Å²) in [6.07, 6.45) is -0.599. The quantitative estimate of drug-likeness (QED) is 0.603. The number of hydrogen-bond donors (Lipinski definition) is 0. The standard InChI is InChI=1S/C19H26N2O4Si/c1-19(2,3)26(4,5)21-15-14(22)11-20(16(15)17(21)23)18(24)25-12-13-9-7-6-8-10-13/h6-10,15-16H,11-12H2,1-5H3/t15-,16+/m1/s1. The Balaban J connectivity index is 1.71. The molecule has 7 heteroatoms. The lowest BCUT2D eigenvalue weighted by Gasteiger charge is -2.56. The summed E-state index contributed by atoms with van der Waals surface area (Å²) in [6, 6.07) is 8.14. The number of amides is 2. The van der Waals surface area contributed by atoms with Crippen molar-refractivity contribution in [1.29, 1.82) is 0 Å². The van der Waals surface area contributed by atoms with Crippen LogP contribution in [0.5, 0.6) is 0 Å². The van der Waals surface area contributed by atoms with Gasteiger partial charge < -0.3 is 9.30 Å². The second-order valence-corrected chi connectivity index (χ2v) is 13.6. The zero-order valence-corrected chi connectivity index (χ0v) is 17.0. The van der Waals surface area contributed by atoms with Crippen LogP contribution < -0.4 is 0 Å². The smallest absolute Gasteiger partial charge is 0.411 e. The van der Waals surface area contributed by atoms with Gasteiger partial charge in [0, 0.05) is 0 Å². The fraction of sp³-hybridized carbons (Fsp3) is 0.526. The van der Waals surface area contributed by atoms with E-state index in [2.05, 4.69) is 33.9 Å². The molecule has 0 N–H and O–H groups in total. The summed E-state index contributed by atoms with van der Waals surface area (Å²) in [5, 5.41) is -0.0604. The molecule has 2 atom stereocenters. The second-order valence-electron chi connectivity index (χ2n) is 8.54. The Morgan fingerprint density at radius 3 is 2.35 bits per heavy atom. The van der Waals surface area contributed by atoms with Crippen molar-refractivity contribution in [2.45, 2.75) is 57.6 Å². The first-order valence-electron chi connectivity index (χ1n) is 8.89. The molecule has 26 heavy (non-hydrogen) atoms. The molecule has 2 amide bonds. The number of Topliss-reactive ketones (excluding diaryl/α,β-unsaturated/α-hetero) is 1. The molecule has 0 unspecified atom stereocenters. The van der Waals surface area contributed by atoms with Crippen molar-refractivity contribution in [2.75, 3.05) is 6.54 Å². The van der Waals surface area contributed by atoms with Crippen LogP contribution in [0.15, 0.2) is 30.3 Å². The van der Waals surface area contributed by atoms with Gasteiger partial charge >= 0.3 is 6.09 Å². The summed E-state index contributed by atoms with van der Waals surface area (Å²) >= 11 is 0. The Kier molecular flexibility index (Phi) is 4.46. The lowest BCUT2D eigenvalue weighted by atomic mass is 9.99. The van der Waals surface area contributed by atoms with Crippen molar-refractivity contribution in [3.05, 3.63) is 35.9 Å². The van der Waals surface area contributed by atoms with Crippen molar-refractivity contribution in [1.82, 2.24) is 9.47 Å². The van der Waals surface area contributed by atoms with Gasteiger partial charge in [-0.05, 0) is 10.6 Å². The summed E-state index contributed by atoms with van der Waals surface area (Å²) in [5.41, 5.74) is 0.866. The maximum absolute atomic E-state index is 12.8. The molecule has 2 saturated heterocycles. The molecule has 0 spiro atoms. The number of benzene rings is 1. The Morgan fingerprint density at radius 2 is 1.77 bits per heavy atom. The highest BCUT2D eigenvalue weighted by atomic mass is 28.3. The molecule has 0 radical (unpaired) electrons. The zero-order valence-electron chi connectivity index (χ0n) is 16.0. The minimum atomic E-state index is -2.16. The fourth-order valence-corrected chi connectivity index (χ4v) is 5.81. The molecular formula is C19H26N2O4Si. The van der Waals surface area contributed by atoms with Crippen molar-refractivity contribution < 1.29 is 19.1 Å². The van der Waals surface area contributed by atoms with Gasteiger partial charge in [0.2, 0.25) is 5.91 Å². The Hall–Kier alpha value is -2.15. The van der Waals surface area contributed by atoms with Crippen LogP contribution in [0.1, 0.15) is 26.3 Å². The van der Waals surface area contributed by atoms with Gasteiger partial charge in [0.25, 0.3) is 0 Å². The van der Waals surface area contributed by atoms with E-state index in [1.165, 1.54) is 4.90 Å². The predicted molar refractivity (Wildman–Crippen MR) is 100.0 cm³/mol. The fourth-order valence-electron chi connectivity index (χ4n) is 3.42. The molecule has 2 aliphatic heterocycles. The summed E-state index contributed by atoms with van der Waals surface area (Å²) in [6.45, 7) is 10.6. The number of β-lactam (4-membered cyclic amide) rings is 1. The number of likely N-dealkylation sites (tertiary alicyclic amines) is 1. The molecular weight excluding hydrogens is 348 g/mol. The summed E-state index contributed by atoms with van der Waals surface area (Å²) in [7, 11) is -2.16. The van der Waals surface area contributed by atoms with Crippen LogP contribution >= 0.6 is 0 Å². The third kappa shape index (κ3) is 2.84. The van der Waals surface area contributed by atoms with Crippen LogP contribution in [0.25, 0.3) is 0 Å². The highest BCUT2D eigenvalue weighted by Gasteiger charge is 2.65. The van der Waals surface area contributed by atoms with Gasteiger partial charge in [-0.1, -0.05) is 64.2 Å². The number of ketones is 1. The number of nitrogens with zero attached hydrogens (tertiary/aromatic N) is 2. The summed E-state index contributed by atoms with van der Waals surface area (Å²) in [4.78, 5) is 39.1. The average Bonchev–Trinajstić information content (AvgIpc) is 2.85. The maximum atomic E-state index is 12.8. The molecule has 0 aromatic heterocycles. The number of carbonyl (C=O) groups excluding carboxylic acids is 3. The lowest BCUT2D eigenvalue weighted by molar-refractivity contribution is -0.148. The van der Waals surface area contributed by atoms with E-state index in [9.17, 15) is 14.4 Å². The van der Waals surface area contributed by atoms with Gasteiger partial charge in [0.05, 0.1) is 6.54 Å². The van der Waals surface area contributed by atoms with Crippen LogP contribution in [0.2, 0.25) is 18.1 Å². The van der Waals surface area contributed by atoms with Gasteiger partial charge in [-0.3, -0.25) is 14.5 Å². The minimum absolute atomic E-state index is 0.0557. The molecule has 0 bridgehead atoms. The van der Waals surface area contributed by atoms with Crippen molar-refractivity contribution in [3.63, 3.8) is 0 Å². The first-order chi connectivity index (χ1) is 12.1. The molecule has 140 valence electrons. The van der Waals surface area contributed by atoms with E-state index in [1.54, 1.807) is 4.57 Å². The number of rotatable bonds is 3. The molecule has 2 heterocycles. The monoisotopic (exact) mass is 374 g/mol. The molecule has 1 aromatic rings. The second kappa shape index (κ2) is 6.23. The van der Waals surface area contributed by atoms with E-state index in [4.69, 9.17) is 4.74 Å². The van der Waals surface area contributed by atoms with Crippen LogP contribution in [0, 0.1) is 0 Å². The predicted octanol–water partition coefficient (Wildman–Crippen LogP) is 2.79. The molecule has 6 nitrogen and oxygen atoms in total. The molecule has 3 rings (SSSR count). The van der Waals surface area contributed by atoms with Crippen molar-refractivity contribution in [2.24, 2.45) is 0 Å². The third-order valence-electron chi connectivity index (χ3n) is 5.94. The van der Waals surface area contributed by atoms with Crippen LogP contribution in [-0.4, -0.2) is 54.1 Å². The highest BCUT2D eigenvalue weighted by molar-refractivity contribution is 6.80. The highest BCUT2D eigenvalue weighted by Crippen LogP contribution is 2.45. The maximum Gasteiger partial charge on any atom is 0.411 e. The van der Waals surface area contributed by atoms with E-state index in [-0.39, 0.29) is 29.9 Å². The molecule has 2 fully saturated rings. The van der Waals surface area contributed by atoms with Gasteiger partial charge in [-0.15, -0.1) is 0 Å². The first kappa shape index (κ1) is 18.6. The zero-order chi connectivity index (χ0) is 19.3. The number of hydrogen-bond acceptors (Lipinski definition) is 4. The van der Waals surface area contributed by atoms with E-state index in [0.717, 1.165) is 5.56 Å². The normalized spacial score (nSPS) is 23.0. The third-order valence-corrected chi connectivity index (χ3v) is 11.3. The minimum Gasteiger partial charge on any atom is -0.445 e. The Morgan fingerprint density at radius 1 is 1.15 bits per heavy atom. The Bertz CT molecular complexity index is 742. The molecule has 2 aliphatic rings. The summed E-state index contributed by atoms with van der Waals surface area (Å²) in [5.74, 6) is -0.194. The first-order valence-corrected chi connectivity index (χ1v) is 11.8. The van der Waals surface area contributed by atoms with Gasteiger partial charge in [0.1, 0.15) is 18.7 Å². The van der Waals surface area contributed by atoms with Crippen LogP contribution in [0.3, 0.4) is 0 Å². The topological polar surface area (TPSA) is 66.9 Å². The van der Waals surface area contributed by atoms with Crippen molar-refractivity contribution >= 4 is 26.0 Å². The van der Waals surface area contributed by atoms with E-state index >= 15 is 0 Å². The number of fused-ring (bicyclic) bond motifs is 1. The van der Waals surface area contributed by atoms with Gasteiger partial charge in [-0.25, -0.2) is 4.79 Å². The Labute approximate surface area is 155 Å². The molecule has 1 aromatic carbocycles. The SMILES string of the molecule is CC(C)(C)[Si](C)(C)N1C(=O)[C@@H]2[C@H]1C(=O)CN2C(=O)OCc1ccccc1. The summed E-state index contributed by atoms with van der Waals surface area (Å²) < 4.78 is 7.11. The van der Waals surface area contributed by atoms with Gasteiger partial charge in [0.15, 0.2) is 14.0 Å². The van der Waals surface area contributed by atoms with E-state index in [0.29, 0.717) is 0 Å². The van der Waals surface area contributed by atoms with E-state index in [1.807, 2.05) is 30.3 Å². The average molecular weight is 375 g/mol. The molecule has 0 saturated carbocycles. The number of carbonyl (C=O) groups is 3. The van der Waals surface area contributed by atoms with E-state index < -0.39 is 26.4 Å². The lowest BCUT2D eigenvalue weighted by Crippen LogP contribution is -2.77.